The van der Waals surface area contributed by atoms with Gasteiger partial charge in [0.25, 0.3) is 0 Å². The first-order valence-corrected chi connectivity index (χ1v) is 22.0. The lowest BCUT2D eigenvalue weighted by atomic mass is 10.0. The van der Waals surface area contributed by atoms with Gasteiger partial charge >= 0.3 is 0 Å². The molecule has 294 valence electrons. The van der Waals surface area contributed by atoms with E-state index in [1.807, 2.05) is 35.6 Å². The van der Waals surface area contributed by atoms with E-state index in [1.165, 1.54) is 53.1 Å². The predicted molar refractivity (Wildman–Crippen MR) is 263 cm³/mol. The number of benzene rings is 9. The molecule has 0 fully saturated rings. The summed E-state index contributed by atoms with van der Waals surface area (Å²) in [7, 11) is 0. The van der Waals surface area contributed by atoms with Crippen LogP contribution in [-0.2, 0) is 0 Å². The van der Waals surface area contributed by atoms with Crippen LogP contribution in [0.15, 0.2) is 212 Å². The van der Waals surface area contributed by atoms with E-state index in [9.17, 15) is 0 Å². The Morgan fingerprint density at radius 3 is 1.37 bits per heavy atom. The van der Waals surface area contributed by atoms with Gasteiger partial charge in [0.15, 0.2) is 11.6 Å². The van der Waals surface area contributed by atoms with Crippen molar-refractivity contribution in [2.24, 2.45) is 0 Å². The van der Waals surface area contributed by atoms with E-state index in [0.29, 0.717) is 17.6 Å². The molecule has 13 rings (SSSR count). The summed E-state index contributed by atoms with van der Waals surface area (Å²) in [4.78, 5) is 15.9. The molecule has 0 N–H and O–H groups in total. The molecule has 6 heteroatoms. The molecule has 4 aromatic heterocycles. The summed E-state index contributed by atoms with van der Waals surface area (Å²) in [6.07, 6.45) is 0. The number of aromatic nitrogens is 5. The maximum atomic E-state index is 5.37. The number of hydrogen-bond acceptors (Lipinski definition) is 4. The Labute approximate surface area is 366 Å². The Bertz CT molecular complexity index is 3900. The molecule has 0 aliphatic carbocycles. The van der Waals surface area contributed by atoms with Crippen LogP contribution in [0.1, 0.15) is 0 Å². The first-order chi connectivity index (χ1) is 31.2. The zero-order valence-electron chi connectivity index (χ0n) is 33.9. The molecular weight excluding hydrogens is 787 g/mol. The third-order valence-corrected chi connectivity index (χ3v) is 13.6. The maximum absolute atomic E-state index is 5.37. The lowest BCUT2D eigenvalue weighted by molar-refractivity contribution is 0.955. The molecule has 0 amide bonds. The van der Waals surface area contributed by atoms with Crippen LogP contribution in [0.25, 0.3) is 120 Å². The van der Waals surface area contributed by atoms with Gasteiger partial charge in [0.2, 0.25) is 5.95 Å². The van der Waals surface area contributed by atoms with Gasteiger partial charge in [0.1, 0.15) is 0 Å². The van der Waals surface area contributed by atoms with Gasteiger partial charge in [0, 0.05) is 49.1 Å². The van der Waals surface area contributed by atoms with Crippen molar-refractivity contribution in [3.8, 4) is 56.7 Å². The van der Waals surface area contributed by atoms with E-state index in [2.05, 4.69) is 197 Å². The molecular formula is C57H35N5S. The normalized spacial score (nSPS) is 11.8. The summed E-state index contributed by atoms with van der Waals surface area (Å²) in [6, 6.07) is 75.4. The van der Waals surface area contributed by atoms with Crippen LogP contribution < -0.4 is 0 Å². The number of thiophene rings is 1. The van der Waals surface area contributed by atoms with Gasteiger partial charge in [-0.05, 0) is 52.6 Å². The van der Waals surface area contributed by atoms with E-state index >= 15 is 0 Å². The first kappa shape index (κ1) is 35.6. The quantitative estimate of drug-likeness (QED) is 0.168. The van der Waals surface area contributed by atoms with Crippen molar-refractivity contribution >= 4 is 75.1 Å². The Morgan fingerprint density at radius 1 is 0.302 bits per heavy atom. The Balaban J connectivity index is 1.10. The SMILES string of the molecule is c1ccc(-c2cccc(-c3nc(-c4ccccc4)nc(-n4c5ccccc5c5ccc6c7ccc8c9ccccc9n(-c9cccc(-c%10ccccc%10)c9)c8c7sc6c54)n3)c2)cc1. The summed E-state index contributed by atoms with van der Waals surface area (Å²) >= 11 is 1.86. The highest BCUT2D eigenvalue weighted by atomic mass is 32.1. The summed E-state index contributed by atoms with van der Waals surface area (Å²) in [5.74, 6) is 1.83. The molecule has 0 bridgehead atoms. The summed E-state index contributed by atoms with van der Waals surface area (Å²) in [6.45, 7) is 0. The highest BCUT2D eigenvalue weighted by Gasteiger charge is 2.24. The molecule has 0 aliphatic heterocycles. The third kappa shape index (κ3) is 5.66. The molecule has 13 aromatic rings. The average molecular weight is 822 g/mol. The van der Waals surface area contributed by atoms with Crippen molar-refractivity contribution in [1.82, 2.24) is 24.1 Å². The topological polar surface area (TPSA) is 48.5 Å². The average Bonchev–Trinajstić information content (AvgIpc) is 4.03. The second-order valence-corrected chi connectivity index (χ2v) is 17.0. The number of rotatable bonds is 6. The first-order valence-electron chi connectivity index (χ1n) is 21.2. The Morgan fingerprint density at radius 2 is 0.746 bits per heavy atom. The van der Waals surface area contributed by atoms with Crippen molar-refractivity contribution in [1.29, 1.82) is 0 Å². The van der Waals surface area contributed by atoms with E-state index in [0.717, 1.165) is 49.7 Å². The van der Waals surface area contributed by atoms with Crippen molar-refractivity contribution in [2.75, 3.05) is 0 Å². The van der Waals surface area contributed by atoms with Gasteiger partial charge in [-0.15, -0.1) is 11.3 Å². The van der Waals surface area contributed by atoms with Crippen molar-refractivity contribution in [2.45, 2.75) is 0 Å². The largest absolute Gasteiger partial charge is 0.308 e. The maximum Gasteiger partial charge on any atom is 0.238 e. The van der Waals surface area contributed by atoms with Gasteiger partial charge in [0.05, 0.1) is 31.5 Å². The minimum atomic E-state index is 0.581. The molecule has 0 atom stereocenters. The fraction of sp³-hybridized carbons (Fsp3) is 0. The van der Waals surface area contributed by atoms with Gasteiger partial charge in [-0.25, -0.2) is 4.98 Å². The van der Waals surface area contributed by atoms with Crippen LogP contribution in [0.2, 0.25) is 0 Å². The number of para-hydroxylation sites is 2. The molecule has 0 spiro atoms. The second-order valence-electron chi connectivity index (χ2n) is 16.0. The van der Waals surface area contributed by atoms with E-state index in [1.54, 1.807) is 0 Å². The Hall–Kier alpha value is -8.19. The summed E-state index contributed by atoms with van der Waals surface area (Å²) < 4.78 is 7.18. The highest BCUT2D eigenvalue weighted by Crippen LogP contribution is 2.47. The monoisotopic (exact) mass is 821 g/mol. The minimum Gasteiger partial charge on any atom is -0.308 e. The molecule has 4 heterocycles. The molecule has 0 radical (unpaired) electrons. The van der Waals surface area contributed by atoms with Crippen LogP contribution in [0.4, 0.5) is 0 Å². The highest BCUT2D eigenvalue weighted by molar-refractivity contribution is 7.27. The molecule has 5 nitrogen and oxygen atoms in total. The number of hydrogen-bond donors (Lipinski definition) is 0. The molecule has 63 heavy (non-hydrogen) atoms. The summed E-state index contributed by atoms with van der Waals surface area (Å²) in [5.41, 5.74) is 12.2. The predicted octanol–water partition coefficient (Wildman–Crippen LogP) is 15.1. The smallest absolute Gasteiger partial charge is 0.238 e. The van der Waals surface area contributed by atoms with E-state index < -0.39 is 0 Å². The van der Waals surface area contributed by atoms with Crippen LogP contribution in [0.3, 0.4) is 0 Å². The fourth-order valence-corrected chi connectivity index (χ4v) is 10.9. The standard InChI is InChI=1S/C57H35N5S/c1-4-16-36(17-5-1)39-22-14-24-41(34-39)56-58-55(38-20-8-3-9-21-38)59-57(60-56)62-50-29-13-11-27-44(50)46-31-33-48-47-32-30-45-43-26-10-12-28-49(43)61(51(45)53(47)63-54(48)52(46)62)42-25-15-23-40(35-42)37-18-6-2-7-19-37/h1-35H. The third-order valence-electron chi connectivity index (χ3n) is 12.4. The molecule has 0 saturated carbocycles. The molecule has 0 saturated heterocycles. The van der Waals surface area contributed by atoms with Crippen LogP contribution >= 0.6 is 11.3 Å². The van der Waals surface area contributed by atoms with Crippen molar-refractivity contribution in [3.05, 3.63) is 212 Å². The van der Waals surface area contributed by atoms with Crippen molar-refractivity contribution in [3.63, 3.8) is 0 Å². The zero-order valence-corrected chi connectivity index (χ0v) is 34.7. The van der Waals surface area contributed by atoms with Gasteiger partial charge in [-0.1, -0.05) is 182 Å². The Kier molecular flexibility index (Phi) is 8.01. The number of fused-ring (bicyclic) bond motifs is 11. The van der Waals surface area contributed by atoms with Crippen LogP contribution in [0.5, 0.6) is 0 Å². The fourth-order valence-electron chi connectivity index (χ4n) is 9.50. The molecule has 0 unspecified atom stereocenters. The van der Waals surface area contributed by atoms with Crippen LogP contribution in [0, 0.1) is 0 Å². The molecule has 0 aliphatic rings. The number of nitrogens with zero attached hydrogens (tertiary/aromatic N) is 5. The van der Waals surface area contributed by atoms with Crippen LogP contribution in [-0.4, -0.2) is 24.1 Å². The van der Waals surface area contributed by atoms with Gasteiger partial charge in [-0.3, -0.25) is 4.57 Å². The van der Waals surface area contributed by atoms with Crippen molar-refractivity contribution < 1.29 is 0 Å². The van der Waals surface area contributed by atoms with E-state index in [-0.39, 0.29) is 0 Å². The molecule has 9 aromatic carbocycles. The van der Waals surface area contributed by atoms with Gasteiger partial charge in [-0.2, -0.15) is 9.97 Å². The second kappa shape index (κ2) is 14.2. The zero-order chi connectivity index (χ0) is 41.4. The van der Waals surface area contributed by atoms with Gasteiger partial charge < -0.3 is 4.57 Å². The van der Waals surface area contributed by atoms with E-state index in [4.69, 9.17) is 15.0 Å². The summed E-state index contributed by atoms with van der Waals surface area (Å²) in [5, 5.41) is 7.21. The minimum absolute atomic E-state index is 0.581. The lowest BCUT2D eigenvalue weighted by Gasteiger charge is -2.12. The lowest BCUT2D eigenvalue weighted by Crippen LogP contribution is -2.06.